The lowest BCUT2D eigenvalue weighted by Crippen LogP contribution is -2.17. The molecular formula is C17H14N2O2S. The highest BCUT2D eigenvalue weighted by Gasteiger charge is 2.20. The molecule has 0 unspecified atom stereocenters. The lowest BCUT2D eigenvalue weighted by Gasteiger charge is -2.18. The van der Waals surface area contributed by atoms with E-state index in [4.69, 9.17) is 0 Å². The molecule has 2 aromatic rings. The molecule has 0 radical (unpaired) electrons. The second-order valence-corrected chi connectivity index (χ2v) is 5.95. The first kappa shape index (κ1) is 14.4. The Bertz CT molecular complexity index is 766. The van der Waals surface area contributed by atoms with Crippen molar-refractivity contribution in [3.8, 4) is 0 Å². The molecule has 0 fully saturated rings. The normalized spacial score (nSPS) is 15.1. The molecule has 4 nitrogen and oxygen atoms in total. The van der Waals surface area contributed by atoms with Gasteiger partial charge in [0.25, 0.3) is 5.91 Å². The van der Waals surface area contributed by atoms with Gasteiger partial charge in [-0.25, -0.2) is 0 Å². The van der Waals surface area contributed by atoms with Gasteiger partial charge in [-0.2, -0.15) is 0 Å². The summed E-state index contributed by atoms with van der Waals surface area (Å²) in [6.45, 7) is 1.47. The Balaban J connectivity index is 1.83. The number of anilines is 2. The Hall–Kier alpha value is -2.53. The Morgan fingerprint density at radius 3 is 2.59 bits per heavy atom. The minimum Gasteiger partial charge on any atom is -0.326 e. The third-order valence-electron chi connectivity index (χ3n) is 3.11. The summed E-state index contributed by atoms with van der Waals surface area (Å²) in [5.41, 5.74) is 2.49. The van der Waals surface area contributed by atoms with Gasteiger partial charge in [0.15, 0.2) is 0 Å². The van der Waals surface area contributed by atoms with Crippen molar-refractivity contribution >= 4 is 41.0 Å². The lowest BCUT2D eigenvalue weighted by atomic mass is 10.2. The van der Waals surface area contributed by atoms with Crippen LogP contribution in [0, 0.1) is 0 Å². The van der Waals surface area contributed by atoms with Crippen LogP contribution in [-0.2, 0) is 9.59 Å². The van der Waals surface area contributed by atoms with Crippen LogP contribution in [0.1, 0.15) is 12.5 Å². The molecule has 0 bridgehead atoms. The van der Waals surface area contributed by atoms with E-state index >= 15 is 0 Å². The van der Waals surface area contributed by atoms with Crippen LogP contribution < -0.4 is 10.6 Å². The summed E-state index contributed by atoms with van der Waals surface area (Å²) in [6, 6.07) is 15.1. The number of fused-ring (bicyclic) bond motifs is 1. The van der Waals surface area contributed by atoms with Crippen LogP contribution in [0.25, 0.3) is 6.08 Å². The van der Waals surface area contributed by atoms with Crippen molar-refractivity contribution in [1.29, 1.82) is 0 Å². The fourth-order valence-corrected chi connectivity index (χ4v) is 3.07. The quantitative estimate of drug-likeness (QED) is 0.831. The minimum atomic E-state index is -0.107. The number of rotatable bonds is 2. The molecule has 110 valence electrons. The molecule has 2 aromatic carbocycles. The Morgan fingerprint density at radius 1 is 1.14 bits per heavy atom. The summed E-state index contributed by atoms with van der Waals surface area (Å²) in [4.78, 5) is 24.8. The molecule has 2 amide bonds. The van der Waals surface area contributed by atoms with Crippen LogP contribution in [0.2, 0.25) is 0 Å². The summed E-state index contributed by atoms with van der Waals surface area (Å²) in [6.07, 6.45) is 1.84. The molecule has 22 heavy (non-hydrogen) atoms. The summed E-state index contributed by atoms with van der Waals surface area (Å²) in [5, 5.41) is 5.60. The van der Waals surface area contributed by atoms with Gasteiger partial charge in [0.1, 0.15) is 0 Å². The van der Waals surface area contributed by atoms with E-state index < -0.39 is 0 Å². The van der Waals surface area contributed by atoms with Crippen LogP contribution in [0.3, 0.4) is 0 Å². The number of carbonyl (C=O) groups excluding carboxylic acids is 2. The van der Waals surface area contributed by atoms with Gasteiger partial charge in [0.05, 0.1) is 10.6 Å². The van der Waals surface area contributed by atoms with Crippen molar-refractivity contribution in [3.05, 3.63) is 59.0 Å². The van der Waals surface area contributed by atoms with Crippen LogP contribution in [0.4, 0.5) is 11.4 Å². The molecule has 2 N–H and O–H groups in total. The molecule has 0 spiro atoms. The number of para-hydroxylation sites is 1. The van der Waals surface area contributed by atoms with E-state index in [-0.39, 0.29) is 11.8 Å². The van der Waals surface area contributed by atoms with Gasteiger partial charge >= 0.3 is 0 Å². The van der Waals surface area contributed by atoms with E-state index in [1.165, 1.54) is 18.7 Å². The summed E-state index contributed by atoms with van der Waals surface area (Å²) in [7, 11) is 0. The number of thioether (sulfide) groups is 1. The van der Waals surface area contributed by atoms with E-state index in [0.29, 0.717) is 4.91 Å². The largest absolute Gasteiger partial charge is 0.326 e. The van der Waals surface area contributed by atoms with Crippen molar-refractivity contribution < 1.29 is 9.59 Å². The number of benzene rings is 2. The zero-order valence-electron chi connectivity index (χ0n) is 11.9. The highest BCUT2D eigenvalue weighted by Crippen LogP contribution is 2.38. The first-order chi connectivity index (χ1) is 10.6. The highest BCUT2D eigenvalue weighted by atomic mass is 32.2. The Morgan fingerprint density at radius 2 is 1.86 bits per heavy atom. The molecular weight excluding hydrogens is 296 g/mol. The third-order valence-corrected chi connectivity index (χ3v) is 4.21. The lowest BCUT2D eigenvalue weighted by molar-refractivity contribution is -0.114. The average Bonchev–Trinajstić information content (AvgIpc) is 2.49. The number of nitrogens with one attached hydrogen (secondary N) is 2. The molecule has 1 aliphatic heterocycles. The van der Waals surface area contributed by atoms with Gasteiger partial charge in [-0.3, -0.25) is 9.59 Å². The predicted octanol–water partition coefficient (Wildman–Crippen LogP) is 3.73. The van der Waals surface area contributed by atoms with Crippen molar-refractivity contribution in [2.45, 2.75) is 11.8 Å². The smallest absolute Gasteiger partial charge is 0.262 e. The molecule has 3 rings (SSSR count). The minimum absolute atomic E-state index is 0.102. The van der Waals surface area contributed by atoms with Crippen LogP contribution in [0.15, 0.2) is 58.3 Å². The zero-order chi connectivity index (χ0) is 15.5. The number of hydrogen-bond acceptors (Lipinski definition) is 3. The van der Waals surface area contributed by atoms with Gasteiger partial charge < -0.3 is 10.6 Å². The van der Waals surface area contributed by atoms with Crippen molar-refractivity contribution in [2.75, 3.05) is 10.6 Å². The number of amides is 2. The fourth-order valence-electron chi connectivity index (χ4n) is 2.12. The maximum atomic E-state index is 12.1. The molecule has 0 saturated heterocycles. The summed E-state index contributed by atoms with van der Waals surface area (Å²) in [5.74, 6) is -0.209. The second-order valence-electron chi connectivity index (χ2n) is 4.86. The first-order valence-corrected chi connectivity index (χ1v) is 7.61. The summed E-state index contributed by atoms with van der Waals surface area (Å²) >= 11 is 1.45. The first-order valence-electron chi connectivity index (χ1n) is 6.79. The molecule has 1 aliphatic rings. The predicted molar refractivity (Wildman–Crippen MR) is 89.7 cm³/mol. The maximum Gasteiger partial charge on any atom is 0.262 e. The topological polar surface area (TPSA) is 58.2 Å². The number of hydrogen-bond donors (Lipinski definition) is 2. The van der Waals surface area contributed by atoms with Crippen molar-refractivity contribution in [2.24, 2.45) is 0 Å². The molecule has 5 heteroatoms. The van der Waals surface area contributed by atoms with E-state index in [1.54, 1.807) is 0 Å². The van der Waals surface area contributed by atoms with Crippen LogP contribution >= 0.6 is 11.8 Å². The van der Waals surface area contributed by atoms with Gasteiger partial charge in [-0.05, 0) is 35.9 Å². The van der Waals surface area contributed by atoms with E-state index in [2.05, 4.69) is 10.6 Å². The fraction of sp³-hybridized carbons (Fsp3) is 0.0588. The second kappa shape index (κ2) is 6.07. The van der Waals surface area contributed by atoms with Crippen molar-refractivity contribution in [3.63, 3.8) is 0 Å². The average molecular weight is 310 g/mol. The Kier molecular flexibility index (Phi) is 3.98. The van der Waals surface area contributed by atoms with E-state index in [9.17, 15) is 9.59 Å². The van der Waals surface area contributed by atoms with Gasteiger partial charge in [-0.15, -0.1) is 0 Å². The molecule has 0 aromatic heterocycles. The standard InChI is InChI=1S/C17H14N2O2S/c1-11(20)18-13-8-6-12(7-9-13)10-16-17(21)19-14-4-2-3-5-15(14)22-16/h2-10H,1H3,(H,18,20)(H,19,21)/b16-10+. The molecule has 1 heterocycles. The van der Waals surface area contributed by atoms with Crippen molar-refractivity contribution in [1.82, 2.24) is 0 Å². The van der Waals surface area contributed by atoms with Crippen LogP contribution in [0.5, 0.6) is 0 Å². The zero-order valence-corrected chi connectivity index (χ0v) is 12.7. The van der Waals surface area contributed by atoms with Gasteiger partial charge in [-0.1, -0.05) is 36.0 Å². The molecule has 0 atom stereocenters. The van der Waals surface area contributed by atoms with E-state index in [1.807, 2.05) is 54.6 Å². The maximum absolute atomic E-state index is 12.1. The van der Waals surface area contributed by atoms with Crippen LogP contribution in [-0.4, -0.2) is 11.8 Å². The third kappa shape index (κ3) is 3.20. The molecule has 0 saturated carbocycles. The SMILES string of the molecule is CC(=O)Nc1ccc(/C=C2/Sc3ccccc3NC2=O)cc1. The monoisotopic (exact) mass is 310 g/mol. The number of carbonyl (C=O) groups is 2. The molecule has 0 aliphatic carbocycles. The van der Waals surface area contributed by atoms with Gasteiger partial charge in [0, 0.05) is 17.5 Å². The van der Waals surface area contributed by atoms with E-state index in [0.717, 1.165) is 21.8 Å². The Labute approximate surface area is 132 Å². The van der Waals surface area contributed by atoms with Gasteiger partial charge in [0.2, 0.25) is 5.91 Å². The summed E-state index contributed by atoms with van der Waals surface area (Å²) < 4.78 is 0. The highest BCUT2D eigenvalue weighted by molar-refractivity contribution is 8.04.